The summed E-state index contributed by atoms with van der Waals surface area (Å²) in [6.07, 6.45) is 0. The van der Waals surface area contributed by atoms with Crippen molar-refractivity contribution in [3.63, 3.8) is 0 Å². The van der Waals surface area contributed by atoms with E-state index in [1.165, 1.54) is 0 Å². The molecular formula is C13H12ClN3OS. The fraction of sp³-hybridized carbons (Fsp3) is 0.0769. The molecule has 4 nitrogen and oxygen atoms in total. The maximum absolute atomic E-state index is 6.05. The second-order valence-corrected chi connectivity index (χ2v) is 4.59. The van der Waals surface area contributed by atoms with Crippen LogP contribution in [-0.2, 0) is 0 Å². The van der Waals surface area contributed by atoms with E-state index in [0.29, 0.717) is 22.3 Å². The van der Waals surface area contributed by atoms with Crippen LogP contribution in [0.2, 0.25) is 5.02 Å². The van der Waals surface area contributed by atoms with Crippen LogP contribution >= 0.6 is 23.8 Å². The fourth-order valence-electron chi connectivity index (χ4n) is 1.53. The first-order chi connectivity index (χ1) is 9.10. The minimum atomic E-state index is 0.261. The molecule has 0 fully saturated rings. The van der Waals surface area contributed by atoms with E-state index in [2.05, 4.69) is 10.3 Å². The van der Waals surface area contributed by atoms with Crippen LogP contribution in [0.15, 0.2) is 36.4 Å². The lowest BCUT2D eigenvalue weighted by Crippen LogP contribution is -2.12. The molecule has 0 bridgehead atoms. The lowest BCUT2D eigenvalue weighted by Gasteiger charge is -2.09. The summed E-state index contributed by atoms with van der Waals surface area (Å²) in [5.41, 5.74) is 6.91. The smallest absolute Gasteiger partial charge is 0.137 e. The Hall–Kier alpha value is -1.85. The molecule has 19 heavy (non-hydrogen) atoms. The van der Waals surface area contributed by atoms with Gasteiger partial charge in [-0.15, -0.1) is 0 Å². The summed E-state index contributed by atoms with van der Waals surface area (Å²) in [5, 5.41) is 3.65. The molecule has 2 aromatic rings. The summed E-state index contributed by atoms with van der Waals surface area (Å²) >= 11 is 10.9. The molecule has 1 aromatic heterocycles. The molecule has 3 N–H and O–H groups in total. The van der Waals surface area contributed by atoms with Gasteiger partial charge < -0.3 is 15.8 Å². The number of nitrogens with zero attached hydrogens (tertiary/aromatic N) is 1. The molecule has 0 saturated carbocycles. The zero-order valence-corrected chi connectivity index (χ0v) is 11.8. The van der Waals surface area contributed by atoms with Gasteiger partial charge in [0.05, 0.1) is 17.8 Å². The van der Waals surface area contributed by atoms with Gasteiger partial charge in [-0.1, -0.05) is 29.9 Å². The van der Waals surface area contributed by atoms with Gasteiger partial charge >= 0.3 is 0 Å². The third-order valence-electron chi connectivity index (χ3n) is 2.43. The molecule has 0 atom stereocenters. The van der Waals surface area contributed by atoms with E-state index in [4.69, 9.17) is 34.3 Å². The zero-order valence-electron chi connectivity index (χ0n) is 10.2. The van der Waals surface area contributed by atoms with Gasteiger partial charge in [-0.2, -0.15) is 0 Å². The number of hydrogen-bond donors (Lipinski definition) is 2. The van der Waals surface area contributed by atoms with Crippen molar-refractivity contribution in [3.05, 3.63) is 47.1 Å². The van der Waals surface area contributed by atoms with Crippen molar-refractivity contribution in [1.82, 2.24) is 4.98 Å². The SMILES string of the molecule is COc1ccc(Nc2cccc(C(N)=S)n2)cc1Cl. The summed E-state index contributed by atoms with van der Waals surface area (Å²) in [4.78, 5) is 4.55. The van der Waals surface area contributed by atoms with E-state index >= 15 is 0 Å². The van der Waals surface area contributed by atoms with Gasteiger partial charge in [-0.05, 0) is 30.3 Å². The van der Waals surface area contributed by atoms with Gasteiger partial charge in [0.2, 0.25) is 0 Å². The Kier molecular flexibility index (Phi) is 4.19. The Labute approximate surface area is 121 Å². The van der Waals surface area contributed by atoms with Crippen LogP contribution in [0.5, 0.6) is 5.75 Å². The quantitative estimate of drug-likeness (QED) is 0.848. The van der Waals surface area contributed by atoms with Crippen molar-refractivity contribution < 1.29 is 4.74 Å². The van der Waals surface area contributed by atoms with Crippen molar-refractivity contribution in [3.8, 4) is 5.75 Å². The predicted molar refractivity (Wildman–Crippen MR) is 81.4 cm³/mol. The molecule has 0 saturated heterocycles. The van der Waals surface area contributed by atoms with Crippen LogP contribution in [0.3, 0.4) is 0 Å². The zero-order chi connectivity index (χ0) is 13.8. The van der Waals surface area contributed by atoms with Crippen molar-refractivity contribution in [2.45, 2.75) is 0 Å². The summed E-state index contributed by atoms with van der Waals surface area (Å²) < 4.78 is 5.09. The van der Waals surface area contributed by atoms with Gasteiger partial charge in [0.25, 0.3) is 0 Å². The van der Waals surface area contributed by atoms with Gasteiger partial charge in [-0.3, -0.25) is 0 Å². The number of aromatic nitrogens is 1. The van der Waals surface area contributed by atoms with Crippen LogP contribution in [0.4, 0.5) is 11.5 Å². The maximum atomic E-state index is 6.05. The maximum Gasteiger partial charge on any atom is 0.137 e. The first-order valence-electron chi connectivity index (χ1n) is 5.47. The third-order valence-corrected chi connectivity index (χ3v) is 2.93. The van der Waals surface area contributed by atoms with Gasteiger partial charge in [0.1, 0.15) is 16.6 Å². The molecule has 0 aliphatic heterocycles. The lowest BCUT2D eigenvalue weighted by atomic mass is 10.3. The second kappa shape index (κ2) is 5.86. The summed E-state index contributed by atoms with van der Waals surface area (Å²) in [6.45, 7) is 0. The van der Waals surface area contributed by atoms with E-state index < -0.39 is 0 Å². The van der Waals surface area contributed by atoms with Crippen LogP contribution in [0.25, 0.3) is 0 Å². The van der Waals surface area contributed by atoms with Crippen LogP contribution in [0, 0.1) is 0 Å². The molecule has 1 aromatic carbocycles. The number of nitrogens with two attached hydrogens (primary N) is 1. The highest BCUT2D eigenvalue weighted by Crippen LogP contribution is 2.28. The first kappa shape index (κ1) is 13.6. The predicted octanol–water partition coefficient (Wildman–Crippen LogP) is 3.12. The van der Waals surface area contributed by atoms with Crippen molar-refractivity contribution in [2.24, 2.45) is 5.73 Å². The Morgan fingerprint density at radius 2 is 2.16 bits per heavy atom. The molecular weight excluding hydrogens is 282 g/mol. The molecule has 1 heterocycles. The van der Waals surface area contributed by atoms with E-state index in [-0.39, 0.29) is 4.99 Å². The minimum Gasteiger partial charge on any atom is -0.495 e. The van der Waals surface area contributed by atoms with Crippen molar-refractivity contribution in [1.29, 1.82) is 0 Å². The molecule has 0 radical (unpaired) electrons. The monoisotopic (exact) mass is 293 g/mol. The van der Waals surface area contributed by atoms with Crippen LogP contribution in [0.1, 0.15) is 5.69 Å². The van der Waals surface area contributed by atoms with Crippen LogP contribution in [-0.4, -0.2) is 17.1 Å². The number of benzene rings is 1. The number of ether oxygens (including phenoxy) is 1. The highest BCUT2D eigenvalue weighted by Gasteiger charge is 2.04. The minimum absolute atomic E-state index is 0.261. The highest BCUT2D eigenvalue weighted by atomic mass is 35.5. The van der Waals surface area contributed by atoms with Crippen molar-refractivity contribution in [2.75, 3.05) is 12.4 Å². The van der Waals surface area contributed by atoms with Crippen molar-refractivity contribution >= 4 is 40.3 Å². The topological polar surface area (TPSA) is 60.2 Å². The van der Waals surface area contributed by atoms with E-state index in [1.54, 1.807) is 25.3 Å². The average Bonchev–Trinajstić information content (AvgIpc) is 2.39. The Bertz CT molecular complexity index is 619. The Morgan fingerprint density at radius 3 is 2.79 bits per heavy atom. The molecule has 0 aliphatic carbocycles. The molecule has 0 spiro atoms. The number of methoxy groups -OCH3 is 1. The number of nitrogens with one attached hydrogen (secondary N) is 1. The number of rotatable bonds is 4. The highest BCUT2D eigenvalue weighted by molar-refractivity contribution is 7.80. The normalized spacial score (nSPS) is 10.0. The van der Waals surface area contributed by atoms with Gasteiger partial charge in [0, 0.05) is 5.69 Å². The Morgan fingerprint density at radius 1 is 1.37 bits per heavy atom. The third kappa shape index (κ3) is 3.33. The Balaban J connectivity index is 2.23. The number of thiocarbonyl (C=S) groups is 1. The van der Waals surface area contributed by atoms with Gasteiger partial charge in [-0.25, -0.2) is 4.98 Å². The van der Waals surface area contributed by atoms with Crippen LogP contribution < -0.4 is 15.8 Å². The molecule has 0 unspecified atom stereocenters. The standard InChI is InChI=1S/C13H12ClN3OS/c1-18-11-6-5-8(7-9(11)14)16-12-4-2-3-10(17-12)13(15)19/h2-7H,1H3,(H2,15,19)(H,16,17). The van der Waals surface area contributed by atoms with E-state index in [0.717, 1.165) is 5.69 Å². The molecule has 0 aliphatic rings. The van der Waals surface area contributed by atoms with E-state index in [9.17, 15) is 0 Å². The summed E-state index contributed by atoms with van der Waals surface area (Å²) in [5.74, 6) is 1.27. The first-order valence-corrected chi connectivity index (χ1v) is 6.26. The number of halogens is 1. The fourth-order valence-corrected chi connectivity index (χ4v) is 1.90. The molecule has 98 valence electrons. The number of pyridine rings is 1. The lowest BCUT2D eigenvalue weighted by molar-refractivity contribution is 0.415. The molecule has 2 rings (SSSR count). The largest absolute Gasteiger partial charge is 0.495 e. The second-order valence-electron chi connectivity index (χ2n) is 3.75. The van der Waals surface area contributed by atoms with Gasteiger partial charge in [0.15, 0.2) is 0 Å². The molecule has 0 amide bonds. The summed E-state index contributed by atoms with van der Waals surface area (Å²) in [6, 6.07) is 10.8. The number of hydrogen-bond acceptors (Lipinski definition) is 4. The summed E-state index contributed by atoms with van der Waals surface area (Å²) in [7, 11) is 1.57. The average molecular weight is 294 g/mol. The van der Waals surface area contributed by atoms with E-state index in [1.807, 2.05) is 18.2 Å². The molecule has 6 heteroatoms. The number of anilines is 2.